The van der Waals surface area contributed by atoms with E-state index in [9.17, 15) is 9.59 Å². The molecule has 0 atom stereocenters. The highest BCUT2D eigenvalue weighted by molar-refractivity contribution is 5.87. The van der Waals surface area contributed by atoms with E-state index in [-0.39, 0.29) is 18.2 Å². The Morgan fingerprint density at radius 1 is 1.04 bits per heavy atom. The summed E-state index contributed by atoms with van der Waals surface area (Å²) in [6.07, 6.45) is 0. The Bertz CT molecular complexity index is 556. The van der Waals surface area contributed by atoms with Crippen LogP contribution in [0.3, 0.4) is 0 Å². The summed E-state index contributed by atoms with van der Waals surface area (Å²) in [5.41, 5.74) is -0.175. The quantitative estimate of drug-likeness (QED) is 0.839. The van der Waals surface area contributed by atoms with Crippen molar-refractivity contribution >= 4 is 11.9 Å². The topological polar surface area (TPSA) is 77.5 Å². The van der Waals surface area contributed by atoms with Gasteiger partial charge in [-0.1, -0.05) is 6.07 Å². The van der Waals surface area contributed by atoms with Crippen LogP contribution in [0, 0.1) is 0 Å². The lowest BCUT2D eigenvalue weighted by molar-refractivity contribution is -0.153. The van der Waals surface area contributed by atoms with Crippen molar-refractivity contribution in [1.82, 2.24) is 10.3 Å². The lowest BCUT2D eigenvalue weighted by atomic mass is 10.2. The van der Waals surface area contributed by atoms with Crippen molar-refractivity contribution in [2.45, 2.75) is 59.3 Å². The molecule has 0 saturated carbocycles. The fourth-order valence-electron chi connectivity index (χ4n) is 1.69. The predicted octanol–water partition coefficient (Wildman–Crippen LogP) is 2.47. The number of ether oxygens (including phenoxy) is 2. The molecule has 1 N–H and O–H groups in total. The second kappa shape index (κ2) is 7.55. The Morgan fingerprint density at radius 3 is 2.22 bits per heavy atom. The molecule has 0 bridgehead atoms. The number of hydrogen-bond acceptors (Lipinski definition) is 6. The maximum atomic E-state index is 12.0. The Balaban J connectivity index is 2.55. The SMILES string of the molecule is CC(C)(C)OC(=O)CNCc1cccc(C(=O)OC(C)(C)C)n1. The summed E-state index contributed by atoms with van der Waals surface area (Å²) in [6.45, 7) is 11.3. The Hall–Kier alpha value is -1.95. The van der Waals surface area contributed by atoms with Gasteiger partial charge in [-0.2, -0.15) is 0 Å². The first-order valence-corrected chi connectivity index (χ1v) is 7.58. The standard InChI is InChI=1S/C17H26N2O4/c1-16(2,3)22-14(20)11-18-10-12-8-7-9-13(19-12)15(21)23-17(4,5)6/h7-9,18H,10-11H2,1-6H3. The molecule has 0 aliphatic carbocycles. The number of esters is 2. The molecular weight excluding hydrogens is 296 g/mol. The zero-order valence-electron chi connectivity index (χ0n) is 14.7. The molecule has 6 nitrogen and oxygen atoms in total. The van der Waals surface area contributed by atoms with Crippen LogP contribution in [0.1, 0.15) is 57.7 Å². The number of hydrogen-bond donors (Lipinski definition) is 1. The van der Waals surface area contributed by atoms with Gasteiger partial charge < -0.3 is 14.8 Å². The average Bonchev–Trinajstić information content (AvgIpc) is 2.35. The second-order valence-corrected chi connectivity index (χ2v) is 7.21. The number of nitrogens with zero attached hydrogens (tertiary/aromatic N) is 1. The van der Waals surface area contributed by atoms with Crippen molar-refractivity contribution in [2.24, 2.45) is 0 Å². The van der Waals surface area contributed by atoms with E-state index in [1.165, 1.54) is 0 Å². The van der Waals surface area contributed by atoms with Crippen molar-refractivity contribution in [3.05, 3.63) is 29.6 Å². The van der Waals surface area contributed by atoms with E-state index in [2.05, 4.69) is 10.3 Å². The predicted molar refractivity (Wildman–Crippen MR) is 87.0 cm³/mol. The molecule has 0 amide bonds. The maximum absolute atomic E-state index is 12.0. The fourth-order valence-corrected chi connectivity index (χ4v) is 1.69. The third-order valence-electron chi connectivity index (χ3n) is 2.41. The fraction of sp³-hybridized carbons (Fsp3) is 0.588. The third kappa shape index (κ3) is 8.30. The number of pyridine rings is 1. The molecule has 1 heterocycles. The number of aromatic nitrogens is 1. The van der Waals surface area contributed by atoms with Crippen LogP contribution < -0.4 is 5.32 Å². The van der Waals surface area contributed by atoms with Crippen molar-refractivity contribution in [3.63, 3.8) is 0 Å². The molecule has 128 valence electrons. The lowest BCUT2D eigenvalue weighted by Crippen LogP contribution is -2.31. The van der Waals surface area contributed by atoms with E-state index in [0.29, 0.717) is 12.2 Å². The first kappa shape index (κ1) is 19.1. The smallest absolute Gasteiger partial charge is 0.357 e. The van der Waals surface area contributed by atoms with E-state index in [4.69, 9.17) is 9.47 Å². The van der Waals surface area contributed by atoms with Gasteiger partial charge in [-0.05, 0) is 53.7 Å². The highest BCUT2D eigenvalue weighted by Crippen LogP contribution is 2.11. The van der Waals surface area contributed by atoms with Gasteiger partial charge in [0.15, 0.2) is 0 Å². The minimum Gasteiger partial charge on any atom is -0.459 e. The molecule has 0 aromatic carbocycles. The summed E-state index contributed by atoms with van der Waals surface area (Å²) >= 11 is 0. The zero-order chi connectivity index (χ0) is 17.7. The van der Waals surface area contributed by atoms with Gasteiger partial charge in [-0.3, -0.25) is 4.79 Å². The van der Waals surface area contributed by atoms with Crippen LogP contribution in [0.2, 0.25) is 0 Å². The molecule has 6 heteroatoms. The van der Waals surface area contributed by atoms with Crippen LogP contribution in [0.15, 0.2) is 18.2 Å². The Labute approximate surface area is 137 Å². The highest BCUT2D eigenvalue weighted by atomic mass is 16.6. The molecule has 0 unspecified atom stereocenters. The van der Waals surface area contributed by atoms with Gasteiger partial charge in [-0.25, -0.2) is 9.78 Å². The van der Waals surface area contributed by atoms with Crippen LogP contribution in [0.5, 0.6) is 0 Å². The molecular formula is C17H26N2O4. The van der Waals surface area contributed by atoms with Gasteiger partial charge in [0.25, 0.3) is 0 Å². The molecule has 1 aromatic heterocycles. The van der Waals surface area contributed by atoms with Gasteiger partial charge >= 0.3 is 11.9 Å². The van der Waals surface area contributed by atoms with Gasteiger partial charge in [0.05, 0.1) is 12.2 Å². The first-order chi connectivity index (χ1) is 10.5. The molecule has 1 rings (SSSR count). The minimum atomic E-state index is -0.566. The summed E-state index contributed by atoms with van der Waals surface area (Å²) in [6, 6.07) is 5.11. The first-order valence-electron chi connectivity index (χ1n) is 7.58. The molecule has 0 aliphatic rings. The monoisotopic (exact) mass is 322 g/mol. The summed E-state index contributed by atoms with van der Waals surface area (Å²) in [5, 5.41) is 2.95. The van der Waals surface area contributed by atoms with Crippen LogP contribution in [-0.4, -0.2) is 34.7 Å². The van der Waals surface area contributed by atoms with Crippen LogP contribution in [0.25, 0.3) is 0 Å². The Morgan fingerprint density at radius 2 is 1.65 bits per heavy atom. The van der Waals surface area contributed by atoms with Crippen molar-refractivity contribution in [1.29, 1.82) is 0 Å². The second-order valence-electron chi connectivity index (χ2n) is 7.21. The van der Waals surface area contributed by atoms with Gasteiger partial charge in [0, 0.05) is 6.54 Å². The van der Waals surface area contributed by atoms with Gasteiger partial charge in [-0.15, -0.1) is 0 Å². The normalized spacial score (nSPS) is 11.9. The van der Waals surface area contributed by atoms with Crippen LogP contribution in [-0.2, 0) is 20.8 Å². The molecule has 23 heavy (non-hydrogen) atoms. The minimum absolute atomic E-state index is 0.0790. The third-order valence-corrected chi connectivity index (χ3v) is 2.41. The Kier molecular flexibility index (Phi) is 6.27. The number of rotatable bonds is 5. The van der Waals surface area contributed by atoms with Gasteiger partial charge in [0.1, 0.15) is 16.9 Å². The lowest BCUT2D eigenvalue weighted by Gasteiger charge is -2.20. The van der Waals surface area contributed by atoms with Gasteiger partial charge in [0.2, 0.25) is 0 Å². The van der Waals surface area contributed by atoms with Crippen LogP contribution in [0.4, 0.5) is 0 Å². The van der Waals surface area contributed by atoms with Crippen LogP contribution >= 0.6 is 0 Å². The number of carbonyl (C=O) groups is 2. The summed E-state index contributed by atoms with van der Waals surface area (Å²) in [7, 11) is 0. The van der Waals surface area contributed by atoms with E-state index in [1.54, 1.807) is 39.0 Å². The molecule has 1 aromatic rings. The number of carbonyl (C=O) groups excluding carboxylic acids is 2. The molecule has 0 radical (unpaired) electrons. The van der Waals surface area contributed by atoms with E-state index in [0.717, 1.165) is 0 Å². The summed E-state index contributed by atoms with van der Waals surface area (Å²) < 4.78 is 10.5. The van der Waals surface area contributed by atoms with E-state index in [1.807, 2.05) is 20.8 Å². The molecule has 0 fully saturated rings. The molecule has 0 saturated heterocycles. The van der Waals surface area contributed by atoms with Crippen molar-refractivity contribution < 1.29 is 19.1 Å². The largest absolute Gasteiger partial charge is 0.459 e. The summed E-state index contributed by atoms with van der Waals surface area (Å²) in [4.78, 5) is 27.8. The van der Waals surface area contributed by atoms with E-state index >= 15 is 0 Å². The van der Waals surface area contributed by atoms with Crippen molar-refractivity contribution in [2.75, 3.05) is 6.54 Å². The highest BCUT2D eigenvalue weighted by Gasteiger charge is 2.19. The van der Waals surface area contributed by atoms with Crippen molar-refractivity contribution in [3.8, 4) is 0 Å². The molecule has 0 spiro atoms. The number of nitrogens with one attached hydrogen (secondary N) is 1. The van der Waals surface area contributed by atoms with E-state index < -0.39 is 17.2 Å². The molecule has 0 aliphatic heterocycles. The maximum Gasteiger partial charge on any atom is 0.357 e. The average molecular weight is 322 g/mol. The zero-order valence-corrected chi connectivity index (χ0v) is 14.7. The summed E-state index contributed by atoms with van der Waals surface area (Å²) in [5.74, 6) is -0.799.